The minimum atomic E-state index is -0.100. The SMILES string of the molecule is CCOC(=O)CCCNC(c1cccs1)C(C)C. The number of carbonyl (C=O) groups excluding carboxylic acids is 1. The van der Waals surface area contributed by atoms with E-state index in [1.807, 2.05) is 6.92 Å². The molecule has 102 valence electrons. The van der Waals surface area contributed by atoms with Gasteiger partial charge < -0.3 is 10.1 Å². The number of ether oxygens (including phenoxy) is 1. The zero-order valence-corrected chi connectivity index (χ0v) is 12.3. The highest BCUT2D eigenvalue weighted by Crippen LogP contribution is 2.25. The Morgan fingerprint density at radius 1 is 1.50 bits per heavy atom. The van der Waals surface area contributed by atoms with Crippen molar-refractivity contribution in [2.75, 3.05) is 13.2 Å². The van der Waals surface area contributed by atoms with E-state index in [9.17, 15) is 4.79 Å². The molecule has 0 aliphatic rings. The fourth-order valence-corrected chi connectivity index (χ4v) is 2.83. The van der Waals surface area contributed by atoms with E-state index in [0.717, 1.165) is 13.0 Å². The summed E-state index contributed by atoms with van der Waals surface area (Å²) in [6.07, 6.45) is 1.32. The molecule has 1 aromatic rings. The van der Waals surface area contributed by atoms with E-state index in [2.05, 4.69) is 36.7 Å². The summed E-state index contributed by atoms with van der Waals surface area (Å²) in [6, 6.07) is 4.62. The molecule has 0 amide bonds. The summed E-state index contributed by atoms with van der Waals surface area (Å²) in [5.74, 6) is 0.447. The monoisotopic (exact) mass is 269 g/mol. The van der Waals surface area contributed by atoms with Crippen LogP contribution in [0.25, 0.3) is 0 Å². The van der Waals surface area contributed by atoms with Crippen LogP contribution in [0.5, 0.6) is 0 Å². The van der Waals surface area contributed by atoms with Crippen molar-refractivity contribution in [1.29, 1.82) is 0 Å². The fourth-order valence-electron chi connectivity index (χ4n) is 1.86. The van der Waals surface area contributed by atoms with Crippen LogP contribution in [0.15, 0.2) is 17.5 Å². The Kier molecular flexibility index (Phi) is 6.98. The van der Waals surface area contributed by atoms with Crippen molar-refractivity contribution < 1.29 is 9.53 Å². The lowest BCUT2D eigenvalue weighted by Gasteiger charge is -2.21. The molecule has 0 saturated heterocycles. The van der Waals surface area contributed by atoms with Gasteiger partial charge >= 0.3 is 5.97 Å². The highest BCUT2D eigenvalue weighted by atomic mass is 32.1. The fraction of sp³-hybridized carbons (Fsp3) is 0.643. The van der Waals surface area contributed by atoms with Gasteiger partial charge in [0.15, 0.2) is 0 Å². The maximum atomic E-state index is 11.2. The van der Waals surface area contributed by atoms with E-state index in [-0.39, 0.29) is 5.97 Å². The number of thiophene rings is 1. The minimum absolute atomic E-state index is 0.100. The summed E-state index contributed by atoms with van der Waals surface area (Å²) in [6.45, 7) is 7.57. The molecular weight excluding hydrogens is 246 g/mol. The molecule has 0 aromatic carbocycles. The van der Waals surface area contributed by atoms with Gasteiger partial charge in [0, 0.05) is 17.3 Å². The molecule has 0 fully saturated rings. The van der Waals surface area contributed by atoms with E-state index in [1.54, 1.807) is 11.3 Å². The Morgan fingerprint density at radius 3 is 2.83 bits per heavy atom. The van der Waals surface area contributed by atoms with Crippen molar-refractivity contribution >= 4 is 17.3 Å². The first-order valence-corrected chi connectivity index (χ1v) is 7.45. The van der Waals surface area contributed by atoms with Gasteiger partial charge in [-0.25, -0.2) is 0 Å². The quantitative estimate of drug-likeness (QED) is 0.581. The first kappa shape index (κ1) is 15.2. The molecule has 0 spiro atoms. The second-order valence-corrected chi connectivity index (χ2v) is 5.58. The largest absolute Gasteiger partial charge is 0.466 e. The van der Waals surface area contributed by atoms with E-state index in [0.29, 0.717) is 25.0 Å². The van der Waals surface area contributed by atoms with Crippen LogP contribution in [0.4, 0.5) is 0 Å². The highest BCUT2D eigenvalue weighted by molar-refractivity contribution is 7.10. The van der Waals surface area contributed by atoms with Crippen LogP contribution in [0.1, 0.15) is 44.5 Å². The number of esters is 1. The van der Waals surface area contributed by atoms with Gasteiger partial charge in [0.2, 0.25) is 0 Å². The molecule has 1 rings (SSSR count). The Balaban J connectivity index is 2.29. The molecule has 1 aromatic heterocycles. The maximum absolute atomic E-state index is 11.2. The number of carbonyl (C=O) groups is 1. The molecule has 0 radical (unpaired) electrons. The van der Waals surface area contributed by atoms with Gasteiger partial charge in [0.1, 0.15) is 0 Å². The molecule has 18 heavy (non-hydrogen) atoms. The van der Waals surface area contributed by atoms with Crippen molar-refractivity contribution in [3.05, 3.63) is 22.4 Å². The van der Waals surface area contributed by atoms with Crippen LogP contribution in [-0.2, 0) is 9.53 Å². The summed E-state index contributed by atoms with van der Waals surface area (Å²) in [4.78, 5) is 12.6. The average Bonchev–Trinajstić information content (AvgIpc) is 2.82. The van der Waals surface area contributed by atoms with Crippen LogP contribution < -0.4 is 5.32 Å². The maximum Gasteiger partial charge on any atom is 0.305 e. The van der Waals surface area contributed by atoms with Crippen molar-refractivity contribution in [1.82, 2.24) is 5.32 Å². The van der Waals surface area contributed by atoms with Crippen LogP contribution in [0, 0.1) is 5.92 Å². The van der Waals surface area contributed by atoms with Gasteiger partial charge in [-0.2, -0.15) is 0 Å². The molecule has 0 saturated carbocycles. The summed E-state index contributed by atoms with van der Waals surface area (Å²) < 4.78 is 4.90. The molecule has 1 N–H and O–H groups in total. The van der Waals surface area contributed by atoms with Crippen LogP contribution in [-0.4, -0.2) is 19.1 Å². The first-order chi connectivity index (χ1) is 8.65. The van der Waals surface area contributed by atoms with Gasteiger partial charge in [-0.1, -0.05) is 19.9 Å². The lowest BCUT2D eigenvalue weighted by molar-refractivity contribution is -0.143. The average molecular weight is 269 g/mol. The zero-order valence-electron chi connectivity index (χ0n) is 11.4. The van der Waals surface area contributed by atoms with Crippen molar-refractivity contribution in [3.63, 3.8) is 0 Å². The smallest absolute Gasteiger partial charge is 0.305 e. The van der Waals surface area contributed by atoms with Gasteiger partial charge in [-0.3, -0.25) is 4.79 Å². The van der Waals surface area contributed by atoms with Gasteiger partial charge in [0.05, 0.1) is 6.61 Å². The molecule has 3 nitrogen and oxygen atoms in total. The van der Waals surface area contributed by atoms with Crippen molar-refractivity contribution in [3.8, 4) is 0 Å². The van der Waals surface area contributed by atoms with Crippen LogP contribution in [0.3, 0.4) is 0 Å². The van der Waals surface area contributed by atoms with Gasteiger partial charge in [0.25, 0.3) is 0 Å². The van der Waals surface area contributed by atoms with Crippen molar-refractivity contribution in [2.45, 2.75) is 39.7 Å². The molecule has 0 aliphatic heterocycles. The predicted molar refractivity (Wildman–Crippen MR) is 75.8 cm³/mol. The molecule has 1 unspecified atom stereocenters. The summed E-state index contributed by atoms with van der Waals surface area (Å²) in [5, 5.41) is 5.62. The lowest BCUT2D eigenvalue weighted by atomic mass is 10.0. The molecule has 0 bridgehead atoms. The molecule has 0 aliphatic carbocycles. The molecular formula is C14H23NO2S. The highest BCUT2D eigenvalue weighted by Gasteiger charge is 2.15. The number of hydrogen-bond donors (Lipinski definition) is 1. The second kappa shape index (κ2) is 8.27. The Bertz CT molecular complexity index is 336. The predicted octanol–water partition coefficient (Wildman–Crippen LogP) is 3.38. The molecule has 1 heterocycles. The van der Waals surface area contributed by atoms with E-state index >= 15 is 0 Å². The summed E-state index contributed by atoms with van der Waals surface area (Å²) >= 11 is 1.78. The summed E-state index contributed by atoms with van der Waals surface area (Å²) in [5.41, 5.74) is 0. The minimum Gasteiger partial charge on any atom is -0.466 e. The number of rotatable bonds is 8. The van der Waals surface area contributed by atoms with E-state index < -0.39 is 0 Å². The van der Waals surface area contributed by atoms with Gasteiger partial charge in [-0.05, 0) is 37.3 Å². The standard InChI is InChI=1S/C14H23NO2S/c1-4-17-13(16)8-5-9-15-14(11(2)3)12-7-6-10-18-12/h6-7,10-11,14-15H,4-5,8-9H2,1-3H3. The van der Waals surface area contributed by atoms with E-state index in [1.165, 1.54) is 4.88 Å². The summed E-state index contributed by atoms with van der Waals surface area (Å²) in [7, 11) is 0. The third-order valence-electron chi connectivity index (χ3n) is 2.74. The lowest BCUT2D eigenvalue weighted by Crippen LogP contribution is -2.26. The molecule has 4 heteroatoms. The van der Waals surface area contributed by atoms with Crippen molar-refractivity contribution in [2.24, 2.45) is 5.92 Å². The zero-order chi connectivity index (χ0) is 13.4. The van der Waals surface area contributed by atoms with Crippen LogP contribution >= 0.6 is 11.3 Å². The third-order valence-corrected chi connectivity index (χ3v) is 3.70. The Morgan fingerprint density at radius 2 is 2.28 bits per heavy atom. The Labute approximate surface area is 114 Å². The van der Waals surface area contributed by atoms with E-state index in [4.69, 9.17) is 4.74 Å². The van der Waals surface area contributed by atoms with Gasteiger partial charge in [-0.15, -0.1) is 11.3 Å². The van der Waals surface area contributed by atoms with Crippen LogP contribution in [0.2, 0.25) is 0 Å². The number of nitrogens with one attached hydrogen (secondary N) is 1. The normalized spacial score (nSPS) is 12.7. The molecule has 1 atom stereocenters. The topological polar surface area (TPSA) is 38.3 Å². The third kappa shape index (κ3) is 5.19. The first-order valence-electron chi connectivity index (χ1n) is 6.57. The Hall–Kier alpha value is -0.870. The number of hydrogen-bond acceptors (Lipinski definition) is 4. The second-order valence-electron chi connectivity index (χ2n) is 4.60.